The number of anilines is 1. The summed E-state index contributed by atoms with van der Waals surface area (Å²) in [5, 5.41) is 1.64. The monoisotopic (exact) mass is 654 g/mol. The summed E-state index contributed by atoms with van der Waals surface area (Å²) in [7, 11) is 6.47. The number of rotatable bonds is 10. The highest BCUT2D eigenvalue weighted by atomic mass is 16.5. The molecule has 3 heterocycles. The molecule has 11 heteroatoms. The second kappa shape index (κ2) is 14.1. The van der Waals surface area contributed by atoms with Gasteiger partial charge in [-0.25, -0.2) is 14.7 Å². The Labute approximate surface area is 282 Å². The second-order valence-corrected chi connectivity index (χ2v) is 12.7. The molecule has 6 rings (SSSR count). The van der Waals surface area contributed by atoms with Gasteiger partial charge in [0.2, 0.25) is 17.6 Å². The normalized spacial score (nSPS) is 18.5. The Morgan fingerprint density at radius 3 is 2.27 bits per heavy atom. The maximum atomic E-state index is 13.9. The molecule has 3 aromatic carbocycles. The minimum absolute atomic E-state index is 0.0450. The summed E-state index contributed by atoms with van der Waals surface area (Å²) in [4.78, 5) is 38.1. The van der Waals surface area contributed by atoms with Gasteiger partial charge in [0, 0.05) is 57.7 Å². The van der Waals surface area contributed by atoms with E-state index in [1.165, 1.54) is 5.56 Å². The van der Waals surface area contributed by atoms with Gasteiger partial charge in [-0.1, -0.05) is 42.5 Å². The lowest BCUT2D eigenvalue weighted by molar-refractivity contribution is -0.117. The first-order valence-electron chi connectivity index (χ1n) is 16.6. The highest BCUT2D eigenvalue weighted by molar-refractivity contribution is 5.96. The molecule has 4 aromatic rings. The molecule has 254 valence electrons. The summed E-state index contributed by atoms with van der Waals surface area (Å²) in [5.41, 5.74) is 3.41. The number of hydrogen-bond acceptors (Lipinski definition) is 8. The topological polar surface area (TPSA) is 92.6 Å². The molecule has 2 fully saturated rings. The van der Waals surface area contributed by atoms with Crippen molar-refractivity contribution in [3.8, 4) is 17.2 Å². The minimum atomic E-state index is -0.165. The molecule has 0 N–H and O–H groups in total. The predicted molar refractivity (Wildman–Crippen MR) is 187 cm³/mol. The molecule has 0 radical (unpaired) electrons. The van der Waals surface area contributed by atoms with E-state index in [2.05, 4.69) is 34.1 Å². The Bertz CT molecular complexity index is 1730. The fourth-order valence-electron chi connectivity index (χ4n) is 7.22. The van der Waals surface area contributed by atoms with Gasteiger partial charge < -0.3 is 28.9 Å². The van der Waals surface area contributed by atoms with Crippen molar-refractivity contribution in [3.63, 3.8) is 0 Å². The number of imidazole rings is 1. The third-order valence-corrected chi connectivity index (χ3v) is 9.99. The third kappa shape index (κ3) is 6.38. The van der Waals surface area contributed by atoms with Crippen molar-refractivity contribution in [1.29, 1.82) is 0 Å². The molecular weight excluding hydrogens is 608 g/mol. The SMILES string of the molecule is COc1cc(C(=O)N2CCC(CCN3CCCN(c4nc5ccccc5n4N(C)C(C)=O)CC3)(c3ccccc3)C2)cc(OC)c1OC. The molecule has 2 saturated heterocycles. The maximum Gasteiger partial charge on any atom is 0.254 e. The second-order valence-electron chi connectivity index (χ2n) is 12.7. The summed E-state index contributed by atoms with van der Waals surface area (Å²) in [6, 6.07) is 22.1. The average molecular weight is 655 g/mol. The van der Waals surface area contributed by atoms with E-state index >= 15 is 0 Å². The lowest BCUT2D eigenvalue weighted by Crippen LogP contribution is -2.40. The van der Waals surface area contributed by atoms with Crippen molar-refractivity contribution in [1.82, 2.24) is 19.5 Å². The molecule has 1 atom stereocenters. The lowest BCUT2D eigenvalue weighted by atomic mass is 9.76. The van der Waals surface area contributed by atoms with Gasteiger partial charge in [0.1, 0.15) is 0 Å². The largest absolute Gasteiger partial charge is 0.493 e. The number of amides is 2. The van der Waals surface area contributed by atoms with Crippen molar-refractivity contribution in [2.24, 2.45) is 0 Å². The highest BCUT2D eigenvalue weighted by Crippen LogP contribution is 2.41. The van der Waals surface area contributed by atoms with Crippen LogP contribution >= 0.6 is 0 Å². The van der Waals surface area contributed by atoms with Gasteiger partial charge in [0.15, 0.2) is 11.5 Å². The van der Waals surface area contributed by atoms with Crippen LogP contribution in [0, 0.1) is 0 Å². The van der Waals surface area contributed by atoms with Crippen LogP contribution in [-0.2, 0) is 10.2 Å². The summed E-state index contributed by atoms with van der Waals surface area (Å²) in [6.07, 6.45) is 2.80. The number of methoxy groups -OCH3 is 3. The van der Waals surface area contributed by atoms with Crippen LogP contribution in [0.25, 0.3) is 11.0 Å². The average Bonchev–Trinajstić information content (AvgIpc) is 3.65. The molecule has 2 amide bonds. The van der Waals surface area contributed by atoms with Crippen LogP contribution in [0.3, 0.4) is 0 Å². The number of nitrogens with zero attached hydrogens (tertiary/aromatic N) is 6. The van der Waals surface area contributed by atoms with E-state index in [0.717, 1.165) is 69.0 Å². The predicted octanol–water partition coefficient (Wildman–Crippen LogP) is 4.56. The Morgan fingerprint density at radius 2 is 1.58 bits per heavy atom. The van der Waals surface area contributed by atoms with Crippen LogP contribution in [0.1, 0.15) is 42.1 Å². The van der Waals surface area contributed by atoms with Crippen LogP contribution in [0.5, 0.6) is 17.2 Å². The van der Waals surface area contributed by atoms with Crippen LogP contribution in [-0.4, -0.2) is 105 Å². The number of para-hydroxylation sites is 2. The van der Waals surface area contributed by atoms with E-state index in [-0.39, 0.29) is 17.2 Å². The lowest BCUT2D eigenvalue weighted by Gasteiger charge is -2.33. The first-order chi connectivity index (χ1) is 23.3. The zero-order valence-corrected chi connectivity index (χ0v) is 28.6. The molecule has 0 saturated carbocycles. The molecule has 1 unspecified atom stereocenters. The number of likely N-dealkylation sites (tertiary alicyclic amines) is 1. The molecule has 0 aliphatic carbocycles. The third-order valence-electron chi connectivity index (χ3n) is 9.99. The molecular formula is C37H46N6O5. The van der Waals surface area contributed by atoms with Gasteiger partial charge in [-0.3, -0.25) is 9.59 Å². The number of benzene rings is 3. The van der Waals surface area contributed by atoms with Gasteiger partial charge in [0.05, 0.1) is 32.4 Å². The molecule has 2 aliphatic heterocycles. The number of fused-ring (bicyclic) bond motifs is 1. The zero-order chi connectivity index (χ0) is 33.8. The fraction of sp³-hybridized carbons (Fsp3) is 0.432. The number of ether oxygens (including phenoxy) is 3. The molecule has 48 heavy (non-hydrogen) atoms. The number of hydrogen-bond donors (Lipinski definition) is 0. The quantitative estimate of drug-likeness (QED) is 0.246. The number of aromatic nitrogens is 2. The van der Waals surface area contributed by atoms with E-state index in [9.17, 15) is 9.59 Å². The molecule has 1 aromatic heterocycles. The Hall–Kier alpha value is -4.77. The molecule has 11 nitrogen and oxygen atoms in total. The smallest absolute Gasteiger partial charge is 0.254 e. The Morgan fingerprint density at radius 1 is 0.875 bits per heavy atom. The molecule has 2 aliphatic rings. The number of carbonyl (C=O) groups excluding carboxylic acids is 2. The zero-order valence-electron chi connectivity index (χ0n) is 28.6. The summed E-state index contributed by atoms with van der Waals surface area (Å²) in [6.45, 7) is 7.30. The van der Waals surface area contributed by atoms with Crippen molar-refractivity contribution in [3.05, 3.63) is 77.9 Å². The summed E-state index contributed by atoms with van der Waals surface area (Å²) >= 11 is 0. The van der Waals surface area contributed by atoms with Gasteiger partial charge in [-0.05, 0) is 62.2 Å². The first-order valence-corrected chi connectivity index (χ1v) is 16.6. The van der Waals surface area contributed by atoms with Gasteiger partial charge >= 0.3 is 0 Å². The summed E-state index contributed by atoms with van der Waals surface area (Å²) < 4.78 is 18.5. The van der Waals surface area contributed by atoms with Crippen molar-refractivity contribution in [2.45, 2.75) is 31.6 Å². The van der Waals surface area contributed by atoms with Crippen LogP contribution in [0.2, 0.25) is 0 Å². The van der Waals surface area contributed by atoms with E-state index in [4.69, 9.17) is 19.2 Å². The standard InChI is InChI=1S/C37H46N6O5/c1-27(44)39(2)43-31-15-10-9-14-30(31)38-36(43)41-19-11-18-40(22-23-41)20-16-37(29-12-7-6-8-13-29)17-21-42(26-37)35(45)28-24-32(46-3)34(48-5)33(25-28)47-4/h6-10,12-15,24-25H,11,16-23,26H2,1-5H3. The molecule has 0 bridgehead atoms. The highest BCUT2D eigenvalue weighted by Gasteiger charge is 2.42. The summed E-state index contributed by atoms with van der Waals surface area (Å²) in [5.74, 6) is 2.11. The molecule has 0 spiro atoms. The van der Waals surface area contributed by atoms with Gasteiger partial charge in [-0.15, -0.1) is 0 Å². The Kier molecular flexibility index (Phi) is 9.77. The van der Waals surface area contributed by atoms with Crippen molar-refractivity contribution >= 4 is 28.8 Å². The first kappa shape index (κ1) is 33.1. The fourth-order valence-corrected chi connectivity index (χ4v) is 7.22. The van der Waals surface area contributed by atoms with Gasteiger partial charge in [0.25, 0.3) is 5.91 Å². The van der Waals surface area contributed by atoms with Crippen LogP contribution < -0.4 is 24.1 Å². The minimum Gasteiger partial charge on any atom is -0.493 e. The Balaban J connectivity index is 1.18. The van der Waals surface area contributed by atoms with Crippen molar-refractivity contribution < 1.29 is 23.8 Å². The van der Waals surface area contributed by atoms with E-state index < -0.39 is 0 Å². The van der Waals surface area contributed by atoms with Crippen molar-refractivity contribution in [2.75, 3.05) is 84.1 Å². The number of carbonyl (C=O) groups is 2. The maximum absolute atomic E-state index is 13.9. The van der Waals surface area contributed by atoms with E-state index in [1.807, 2.05) is 39.9 Å². The van der Waals surface area contributed by atoms with E-state index in [1.54, 1.807) is 52.4 Å². The van der Waals surface area contributed by atoms with Gasteiger partial charge in [-0.2, -0.15) is 0 Å². The van der Waals surface area contributed by atoms with Crippen LogP contribution in [0.4, 0.5) is 5.95 Å². The van der Waals surface area contributed by atoms with E-state index in [0.29, 0.717) is 35.9 Å². The van der Waals surface area contributed by atoms with Crippen LogP contribution in [0.15, 0.2) is 66.7 Å².